The van der Waals surface area contributed by atoms with E-state index in [1.54, 1.807) is 0 Å². The number of rotatable bonds is 5. The van der Waals surface area contributed by atoms with Gasteiger partial charge in [-0.2, -0.15) is 5.10 Å². The molecular weight excluding hydrogens is 314 g/mol. The number of halogens is 1. The van der Waals surface area contributed by atoms with Gasteiger partial charge in [-0.15, -0.1) is 0 Å². The second-order valence-electron chi connectivity index (χ2n) is 5.33. The van der Waals surface area contributed by atoms with Gasteiger partial charge in [0.15, 0.2) is 0 Å². The molecule has 1 unspecified atom stereocenters. The molecule has 4 heteroatoms. The van der Waals surface area contributed by atoms with Crippen molar-refractivity contribution in [3.63, 3.8) is 0 Å². The van der Waals surface area contributed by atoms with E-state index in [-0.39, 0.29) is 0 Å². The van der Waals surface area contributed by atoms with Crippen LogP contribution in [-0.2, 0) is 6.54 Å². The van der Waals surface area contributed by atoms with E-state index < -0.39 is 0 Å². The Kier molecular flexibility index (Phi) is 5.00. The summed E-state index contributed by atoms with van der Waals surface area (Å²) >= 11 is 3.47. The van der Waals surface area contributed by atoms with Gasteiger partial charge >= 0.3 is 0 Å². The monoisotopic (exact) mass is 335 g/mol. The molecule has 0 spiro atoms. The molecule has 1 aromatic heterocycles. The van der Waals surface area contributed by atoms with Crippen LogP contribution in [-0.4, -0.2) is 23.4 Å². The van der Waals surface area contributed by atoms with Crippen LogP contribution in [0.4, 0.5) is 0 Å². The van der Waals surface area contributed by atoms with E-state index in [1.165, 1.54) is 16.8 Å². The average molecular weight is 336 g/mol. The number of aromatic nitrogens is 2. The molecule has 0 bridgehead atoms. The Hall–Kier alpha value is -1.13. The summed E-state index contributed by atoms with van der Waals surface area (Å²) < 4.78 is 3.22. The second kappa shape index (κ2) is 6.55. The molecule has 1 aromatic carbocycles. The molecule has 0 aliphatic carbocycles. The number of hydrogen-bond donors (Lipinski definition) is 1. The normalized spacial score (nSPS) is 12.7. The molecular formula is C16H22BrN3. The highest BCUT2D eigenvalue weighted by atomic mass is 79.9. The maximum atomic E-state index is 4.71. The molecule has 1 heterocycles. The maximum Gasteiger partial charge on any atom is 0.0662 e. The minimum absolute atomic E-state index is 0.485. The molecule has 20 heavy (non-hydrogen) atoms. The molecule has 0 fully saturated rings. The van der Waals surface area contributed by atoms with Crippen LogP contribution in [0.2, 0.25) is 0 Å². The fraction of sp³-hybridized carbons (Fsp3) is 0.438. The molecule has 2 rings (SSSR count). The first-order valence-corrected chi connectivity index (χ1v) is 7.75. The molecule has 0 saturated carbocycles. The van der Waals surface area contributed by atoms with Gasteiger partial charge < -0.3 is 5.32 Å². The smallest absolute Gasteiger partial charge is 0.0662 e. The summed E-state index contributed by atoms with van der Waals surface area (Å²) in [5, 5.41) is 7.95. The fourth-order valence-corrected chi connectivity index (χ4v) is 3.01. The van der Waals surface area contributed by atoms with Crippen molar-refractivity contribution < 1.29 is 0 Å². The van der Waals surface area contributed by atoms with E-state index >= 15 is 0 Å². The van der Waals surface area contributed by atoms with Crippen molar-refractivity contribution in [1.29, 1.82) is 0 Å². The first kappa shape index (κ1) is 15.3. The van der Waals surface area contributed by atoms with E-state index in [2.05, 4.69) is 71.0 Å². The fourth-order valence-electron chi connectivity index (χ4n) is 2.75. The second-order valence-corrected chi connectivity index (χ2v) is 6.24. The summed E-state index contributed by atoms with van der Waals surface area (Å²) in [7, 11) is 1.99. The summed E-state index contributed by atoms with van der Waals surface area (Å²) in [6, 6.07) is 8.42. The predicted molar refractivity (Wildman–Crippen MR) is 87.3 cm³/mol. The minimum Gasteiger partial charge on any atom is -0.319 e. The van der Waals surface area contributed by atoms with E-state index in [0.717, 1.165) is 23.3 Å². The Morgan fingerprint density at radius 2 is 1.90 bits per heavy atom. The quantitative estimate of drug-likeness (QED) is 0.904. The van der Waals surface area contributed by atoms with Gasteiger partial charge in [-0.3, -0.25) is 4.68 Å². The van der Waals surface area contributed by atoms with Crippen LogP contribution < -0.4 is 5.32 Å². The van der Waals surface area contributed by atoms with E-state index in [4.69, 9.17) is 5.10 Å². The van der Waals surface area contributed by atoms with E-state index in [9.17, 15) is 0 Å². The third kappa shape index (κ3) is 3.30. The molecule has 0 amide bonds. The van der Waals surface area contributed by atoms with Crippen LogP contribution in [0.5, 0.6) is 0 Å². The van der Waals surface area contributed by atoms with Crippen molar-refractivity contribution in [3.05, 3.63) is 51.3 Å². The van der Waals surface area contributed by atoms with Crippen molar-refractivity contribution in [2.75, 3.05) is 13.6 Å². The first-order chi connectivity index (χ1) is 9.52. The Morgan fingerprint density at radius 1 is 1.25 bits per heavy atom. The zero-order valence-corrected chi connectivity index (χ0v) is 14.2. The lowest BCUT2D eigenvalue weighted by Crippen LogP contribution is -2.16. The molecule has 0 aliphatic heterocycles. The van der Waals surface area contributed by atoms with Gasteiger partial charge in [0.05, 0.1) is 12.2 Å². The SMILES string of the molecule is CNCC(C)c1c(C)nn(Cc2ccc(Br)cc2)c1C. The van der Waals surface area contributed by atoms with Crippen molar-refractivity contribution in [2.24, 2.45) is 0 Å². The topological polar surface area (TPSA) is 29.9 Å². The summed E-state index contributed by atoms with van der Waals surface area (Å²) in [6.45, 7) is 8.32. The molecule has 3 nitrogen and oxygen atoms in total. The molecule has 1 N–H and O–H groups in total. The number of nitrogens with zero attached hydrogens (tertiary/aromatic N) is 2. The average Bonchev–Trinajstić information content (AvgIpc) is 2.67. The summed E-state index contributed by atoms with van der Waals surface area (Å²) in [5.41, 5.74) is 5.05. The largest absolute Gasteiger partial charge is 0.319 e. The van der Waals surface area contributed by atoms with Crippen molar-refractivity contribution in [1.82, 2.24) is 15.1 Å². The van der Waals surface area contributed by atoms with Gasteiger partial charge in [-0.05, 0) is 44.5 Å². The van der Waals surface area contributed by atoms with Crippen LogP contribution in [0.25, 0.3) is 0 Å². The van der Waals surface area contributed by atoms with Gasteiger partial charge in [0.25, 0.3) is 0 Å². The van der Waals surface area contributed by atoms with Gasteiger partial charge in [0.2, 0.25) is 0 Å². The lowest BCUT2D eigenvalue weighted by atomic mass is 9.99. The maximum absolute atomic E-state index is 4.71. The number of likely N-dealkylation sites (N-methyl/N-ethyl adjacent to an activating group) is 1. The third-order valence-corrected chi connectivity index (χ3v) is 4.21. The molecule has 0 saturated heterocycles. The lowest BCUT2D eigenvalue weighted by molar-refractivity contribution is 0.647. The molecule has 1 atom stereocenters. The Balaban J connectivity index is 2.25. The van der Waals surface area contributed by atoms with Crippen LogP contribution in [0.1, 0.15) is 35.4 Å². The Labute approximate surface area is 129 Å². The Morgan fingerprint density at radius 3 is 2.50 bits per heavy atom. The Bertz CT molecular complexity index is 572. The molecule has 108 valence electrons. The lowest BCUT2D eigenvalue weighted by Gasteiger charge is -2.12. The first-order valence-electron chi connectivity index (χ1n) is 6.96. The molecule has 2 aromatic rings. The number of nitrogens with one attached hydrogen (secondary N) is 1. The number of hydrogen-bond acceptors (Lipinski definition) is 2. The zero-order chi connectivity index (χ0) is 14.7. The summed E-state index contributed by atoms with van der Waals surface area (Å²) in [4.78, 5) is 0. The van der Waals surface area contributed by atoms with Crippen LogP contribution >= 0.6 is 15.9 Å². The highest BCUT2D eigenvalue weighted by Gasteiger charge is 2.16. The molecule has 0 aliphatic rings. The molecule has 0 radical (unpaired) electrons. The third-order valence-electron chi connectivity index (χ3n) is 3.69. The standard InChI is InChI=1S/C16H22BrN3/c1-11(9-18-4)16-12(2)19-20(13(16)3)10-14-5-7-15(17)8-6-14/h5-8,11,18H,9-10H2,1-4H3. The van der Waals surface area contributed by atoms with Crippen LogP contribution in [0, 0.1) is 13.8 Å². The van der Waals surface area contributed by atoms with Gasteiger partial charge in [-0.25, -0.2) is 0 Å². The highest BCUT2D eigenvalue weighted by molar-refractivity contribution is 9.10. The number of benzene rings is 1. The number of aryl methyl sites for hydroxylation is 1. The van der Waals surface area contributed by atoms with E-state index in [1.807, 2.05) is 7.05 Å². The summed E-state index contributed by atoms with van der Waals surface area (Å²) in [5.74, 6) is 0.485. The van der Waals surface area contributed by atoms with Crippen LogP contribution in [0.3, 0.4) is 0 Å². The van der Waals surface area contributed by atoms with Gasteiger partial charge in [0.1, 0.15) is 0 Å². The minimum atomic E-state index is 0.485. The van der Waals surface area contributed by atoms with E-state index in [0.29, 0.717) is 5.92 Å². The van der Waals surface area contributed by atoms with Gasteiger partial charge in [-0.1, -0.05) is 35.0 Å². The highest BCUT2D eigenvalue weighted by Crippen LogP contribution is 2.23. The van der Waals surface area contributed by atoms with Crippen molar-refractivity contribution in [2.45, 2.75) is 33.2 Å². The zero-order valence-electron chi connectivity index (χ0n) is 12.6. The summed E-state index contributed by atoms with van der Waals surface area (Å²) in [6.07, 6.45) is 0. The van der Waals surface area contributed by atoms with Crippen LogP contribution in [0.15, 0.2) is 28.7 Å². The van der Waals surface area contributed by atoms with Gasteiger partial charge in [0, 0.05) is 22.3 Å². The predicted octanol–water partition coefficient (Wildman–Crippen LogP) is 3.63. The van der Waals surface area contributed by atoms with Crippen molar-refractivity contribution >= 4 is 15.9 Å². The van der Waals surface area contributed by atoms with Crippen molar-refractivity contribution in [3.8, 4) is 0 Å².